The fraction of sp³-hybridized carbons (Fsp3) is 1.00. The Morgan fingerprint density at radius 3 is 2.71 bits per heavy atom. The van der Waals surface area contributed by atoms with Gasteiger partial charge in [-0.25, -0.2) is 0 Å². The molecule has 0 amide bonds. The molecule has 14 heavy (non-hydrogen) atoms. The van der Waals surface area contributed by atoms with Crippen LogP contribution < -0.4 is 0 Å². The smallest absolute Gasteiger partial charge is 0.0599 e. The molecule has 1 N–H and O–H groups in total. The molecule has 0 bridgehead atoms. The number of nitrogens with zero attached hydrogens (tertiary/aromatic N) is 2. The third-order valence-corrected chi connectivity index (χ3v) is 3.18. The van der Waals surface area contributed by atoms with Crippen LogP contribution in [-0.2, 0) is 0 Å². The lowest BCUT2D eigenvalue weighted by molar-refractivity contribution is 0.0894. The highest BCUT2D eigenvalue weighted by molar-refractivity contribution is 4.82. The fourth-order valence-electron chi connectivity index (χ4n) is 2.31. The first-order chi connectivity index (χ1) is 6.69. The summed E-state index contributed by atoms with van der Waals surface area (Å²) in [6, 6.07) is 0.939. The molecule has 1 saturated heterocycles. The molecule has 2 atom stereocenters. The highest BCUT2D eigenvalue weighted by Gasteiger charge is 2.26. The van der Waals surface area contributed by atoms with Gasteiger partial charge >= 0.3 is 0 Å². The van der Waals surface area contributed by atoms with Crippen LogP contribution in [0.4, 0.5) is 0 Å². The minimum Gasteiger partial charge on any atom is -0.395 e. The first kappa shape index (κ1) is 12.0. The summed E-state index contributed by atoms with van der Waals surface area (Å²) in [6.45, 7) is 8.03. The van der Waals surface area contributed by atoms with Crippen LogP contribution in [0.25, 0.3) is 0 Å². The predicted octanol–water partition coefficient (Wildman–Crippen LogP) is 0.783. The van der Waals surface area contributed by atoms with E-state index in [1.54, 1.807) is 0 Å². The van der Waals surface area contributed by atoms with Crippen LogP contribution in [0.5, 0.6) is 0 Å². The largest absolute Gasteiger partial charge is 0.395 e. The van der Waals surface area contributed by atoms with Gasteiger partial charge in [0.2, 0.25) is 0 Å². The molecule has 2 unspecified atom stereocenters. The van der Waals surface area contributed by atoms with Crippen LogP contribution in [0.2, 0.25) is 0 Å². The molecule has 0 aromatic rings. The van der Waals surface area contributed by atoms with Gasteiger partial charge in [0.1, 0.15) is 0 Å². The molecule has 0 aliphatic carbocycles. The lowest BCUT2D eigenvalue weighted by Crippen LogP contribution is -2.46. The van der Waals surface area contributed by atoms with Crippen molar-refractivity contribution < 1.29 is 5.11 Å². The molecule has 1 heterocycles. The van der Waals surface area contributed by atoms with Gasteiger partial charge in [-0.2, -0.15) is 0 Å². The second-order valence-corrected chi connectivity index (χ2v) is 4.47. The normalized spacial score (nSPS) is 31.7. The maximum atomic E-state index is 9.38. The van der Waals surface area contributed by atoms with Crippen molar-refractivity contribution in [1.29, 1.82) is 0 Å². The molecule has 1 aliphatic heterocycles. The Morgan fingerprint density at radius 2 is 2.14 bits per heavy atom. The average molecular weight is 200 g/mol. The number of aliphatic hydroxyl groups excluding tert-OH is 1. The number of aliphatic hydroxyl groups is 1. The van der Waals surface area contributed by atoms with Gasteiger partial charge in [0.25, 0.3) is 0 Å². The van der Waals surface area contributed by atoms with Crippen LogP contribution in [0.3, 0.4) is 0 Å². The lowest BCUT2D eigenvalue weighted by Gasteiger charge is -2.33. The summed E-state index contributed by atoms with van der Waals surface area (Å²) in [5.41, 5.74) is 0. The van der Waals surface area contributed by atoms with Crippen LogP contribution in [0.15, 0.2) is 0 Å². The Kier molecular flexibility index (Phi) is 4.85. The van der Waals surface area contributed by atoms with Crippen LogP contribution in [0.1, 0.15) is 26.7 Å². The molecule has 84 valence electrons. The molecule has 3 nitrogen and oxygen atoms in total. The van der Waals surface area contributed by atoms with Crippen LogP contribution >= 0.6 is 0 Å². The van der Waals surface area contributed by atoms with Gasteiger partial charge in [-0.3, -0.25) is 4.90 Å². The first-order valence-electron chi connectivity index (χ1n) is 5.74. The summed E-state index contributed by atoms with van der Waals surface area (Å²) in [5, 5.41) is 9.38. The van der Waals surface area contributed by atoms with Gasteiger partial charge in [-0.05, 0) is 39.9 Å². The standard InChI is InChI=1S/C11H24N2O/c1-4-6-13-10(2)5-7-12(3)8-11(13)9-14/h10-11,14H,4-9H2,1-3H3. The molecule has 0 radical (unpaired) electrons. The van der Waals surface area contributed by atoms with Gasteiger partial charge in [-0.1, -0.05) is 6.92 Å². The Bertz CT molecular complexity index is 163. The fourth-order valence-corrected chi connectivity index (χ4v) is 2.31. The summed E-state index contributed by atoms with van der Waals surface area (Å²) in [7, 11) is 2.14. The van der Waals surface area contributed by atoms with Crippen molar-refractivity contribution in [3.05, 3.63) is 0 Å². The van der Waals surface area contributed by atoms with Crippen molar-refractivity contribution in [2.45, 2.75) is 38.8 Å². The van der Waals surface area contributed by atoms with E-state index in [0.717, 1.165) is 19.6 Å². The van der Waals surface area contributed by atoms with E-state index in [0.29, 0.717) is 12.1 Å². The number of hydrogen-bond acceptors (Lipinski definition) is 3. The van der Waals surface area contributed by atoms with Crippen molar-refractivity contribution in [3.8, 4) is 0 Å². The Hall–Kier alpha value is -0.120. The van der Waals surface area contributed by atoms with E-state index in [2.05, 4.69) is 30.7 Å². The highest BCUT2D eigenvalue weighted by Crippen LogP contribution is 2.15. The van der Waals surface area contributed by atoms with E-state index in [1.165, 1.54) is 12.8 Å². The zero-order valence-electron chi connectivity index (χ0n) is 9.74. The molecule has 1 fully saturated rings. The van der Waals surface area contributed by atoms with Gasteiger partial charge in [0.05, 0.1) is 6.61 Å². The molecule has 0 aromatic heterocycles. The maximum Gasteiger partial charge on any atom is 0.0599 e. The molecule has 1 aliphatic rings. The third kappa shape index (κ3) is 2.94. The molecule has 0 aromatic carbocycles. The van der Waals surface area contributed by atoms with Crippen molar-refractivity contribution in [3.63, 3.8) is 0 Å². The SMILES string of the molecule is CCCN1C(C)CCN(C)CC1CO. The lowest BCUT2D eigenvalue weighted by atomic mass is 10.1. The maximum absolute atomic E-state index is 9.38. The second-order valence-electron chi connectivity index (χ2n) is 4.47. The zero-order chi connectivity index (χ0) is 10.6. The predicted molar refractivity (Wildman–Crippen MR) is 59.4 cm³/mol. The highest BCUT2D eigenvalue weighted by atomic mass is 16.3. The van der Waals surface area contributed by atoms with Crippen molar-refractivity contribution >= 4 is 0 Å². The third-order valence-electron chi connectivity index (χ3n) is 3.18. The van der Waals surface area contributed by atoms with Crippen molar-refractivity contribution in [2.75, 3.05) is 33.3 Å². The monoisotopic (exact) mass is 200 g/mol. The van der Waals surface area contributed by atoms with Gasteiger partial charge < -0.3 is 10.0 Å². The average Bonchev–Trinajstić information content (AvgIpc) is 2.31. The minimum atomic E-state index is 0.286. The van der Waals surface area contributed by atoms with Crippen LogP contribution in [-0.4, -0.2) is 60.3 Å². The van der Waals surface area contributed by atoms with Gasteiger partial charge in [0, 0.05) is 18.6 Å². The Labute approximate surface area is 87.7 Å². The molecule has 1 rings (SSSR count). The van der Waals surface area contributed by atoms with Gasteiger partial charge in [0.15, 0.2) is 0 Å². The number of likely N-dealkylation sites (N-methyl/N-ethyl adjacent to an activating group) is 1. The molecule has 0 spiro atoms. The summed E-state index contributed by atoms with van der Waals surface area (Å²) in [4.78, 5) is 4.79. The van der Waals surface area contributed by atoms with E-state index in [4.69, 9.17) is 0 Å². The summed E-state index contributed by atoms with van der Waals surface area (Å²) >= 11 is 0. The molecular formula is C11H24N2O. The Morgan fingerprint density at radius 1 is 1.43 bits per heavy atom. The van der Waals surface area contributed by atoms with Crippen molar-refractivity contribution in [1.82, 2.24) is 9.80 Å². The minimum absolute atomic E-state index is 0.286. The van der Waals surface area contributed by atoms with E-state index in [-0.39, 0.29) is 6.61 Å². The van der Waals surface area contributed by atoms with E-state index in [1.807, 2.05) is 0 Å². The summed E-state index contributed by atoms with van der Waals surface area (Å²) in [5.74, 6) is 0. The van der Waals surface area contributed by atoms with Gasteiger partial charge in [-0.15, -0.1) is 0 Å². The van der Waals surface area contributed by atoms with E-state index in [9.17, 15) is 5.11 Å². The topological polar surface area (TPSA) is 26.7 Å². The number of hydrogen-bond donors (Lipinski definition) is 1. The molecule has 3 heteroatoms. The quantitative estimate of drug-likeness (QED) is 0.729. The number of rotatable bonds is 3. The molecule has 0 saturated carbocycles. The summed E-state index contributed by atoms with van der Waals surface area (Å²) < 4.78 is 0. The van der Waals surface area contributed by atoms with Crippen LogP contribution in [0, 0.1) is 0 Å². The Balaban J connectivity index is 2.63. The van der Waals surface area contributed by atoms with Crippen molar-refractivity contribution in [2.24, 2.45) is 0 Å². The van der Waals surface area contributed by atoms with E-state index >= 15 is 0 Å². The molecular weight excluding hydrogens is 176 g/mol. The second kappa shape index (κ2) is 5.69. The summed E-state index contributed by atoms with van der Waals surface area (Å²) in [6.07, 6.45) is 2.39. The first-order valence-corrected chi connectivity index (χ1v) is 5.74. The van der Waals surface area contributed by atoms with E-state index < -0.39 is 0 Å². The zero-order valence-corrected chi connectivity index (χ0v) is 9.74.